The second-order valence-electron chi connectivity index (χ2n) is 5.12. The van der Waals surface area contributed by atoms with E-state index in [1.165, 1.54) is 0 Å². The topological polar surface area (TPSA) is 59.6 Å². The fraction of sp³-hybridized carbons (Fsp3) is 0.500. The van der Waals surface area contributed by atoms with E-state index in [4.69, 9.17) is 21.1 Å². The van der Waals surface area contributed by atoms with Crippen LogP contribution < -0.4 is 15.4 Å². The van der Waals surface area contributed by atoms with Crippen molar-refractivity contribution in [3.05, 3.63) is 17.2 Å². The summed E-state index contributed by atoms with van der Waals surface area (Å²) in [4.78, 5) is 11.3. The minimum absolute atomic E-state index is 0.0275. The van der Waals surface area contributed by atoms with Crippen LogP contribution in [-0.2, 0) is 9.53 Å². The molecule has 20 heavy (non-hydrogen) atoms. The molecule has 110 valence electrons. The van der Waals surface area contributed by atoms with E-state index in [1.807, 2.05) is 6.07 Å². The van der Waals surface area contributed by atoms with Gasteiger partial charge in [-0.1, -0.05) is 25.4 Å². The fourth-order valence-electron chi connectivity index (χ4n) is 1.99. The van der Waals surface area contributed by atoms with Gasteiger partial charge in [0.15, 0.2) is 6.61 Å². The average molecular weight is 299 g/mol. The van der Waals surface area contributed by atoms with Gasteiger partial charge in [-0.05, 0) is 12.0 Å². The summed E-state index contributed by atoms with van der Waals surface area (Å²) in [5, 5.41) is 6.63. The summed E-state index contributed by atoms with van der Waals surface area (Å²) in [6.07, 6.45) is 0. The highest BCUT2D eigenvalue weighted by Crippen LogP contribution is 2.36. The smallest absolute Gasteiger partial charge is 0.262 e. The molecule has 1 aliphatic heterocycles. The Morgan fingerprint density at radius 1 is 1.50 bits per heavy atom. The molecule has 0 aromatic heterocycles. The number of fused-ring (bicyclic) bond motifs is 1. The standard InChI is InChI=1S/C14H19ClN2O3/c1-8(2)12(6-19-3)16-10-5-13-11(4-9(10)15)17-14(18)7-20-13/h4-5,8,12,16H,6-7H2,1-3H3,(H,17,18). The van der Waals surface area contributed by atoms with Gasteiger partial charge in [-0.3, -0.25) is 4.79 Å². The Kier molecular flexibility index (Phi) is 4.73. The largest absolute Gasteiger partial charge is 0.482 e. The zero-order chi connectivity index (χ0) is 14.7. The highest BCUT2D eigenvalue weighted by Gasteiger charge is 2.20. The third-order valence-electron chi connectivity index (χ3n) is 3.19. The number of rotatable bonds is 5. The molecule has 0 aliphatic carbocycles. The molecule has 0 radical (unpaired) electrons. The number of halogens is 1. The van der Waals surface area contributed by atoms with Crippen LogP contribution in [0, 0.1) is 5.92 Å². The summed E-state index contributed by atoms with van der Waals surface area (Å²) in [6.45, 7) is 4.84. The van der Waals surface area contributed by atoms with Crippen LogP contribution in [0.1, 0.15) is 13.8 Å². The summed E-state index contributed by atoms with van der Waals surface area (Å²) < 4.78 is 10.6. The molecular weight excluding hydrogens is 280 g/mol. The van der Waals surface area contributed by atoms with Crippen molar-refractivity contribution >= 4 is 28.9 Å². The quantitative estimate of drug-likeness (QED) is 0.877. The second-order valence-corrected chi connectivity index (χ2v) is 5.52. The van der Waals surface area contributed by atoms with Crippen LogP contribution in [-0.4, -0.2) is 32.3 Å². The van der Waals surface area contributed by atoms with Crippen LogP contribution in [0.4, 0.5) is 11.4 Å². The van der Waals surface area contributed by atoms with E-state index >= 15 is 0 Å². The zero-order valence-corrected chi connectivity index (χ0v) is 12.6. The van der Waals surface area contributed by atoms with E-state index in [-0.39, 0.29) is 18.6 Å². The lowest BCUT2D eigenvalue weighted by atomic mass is 10.0. The molecular formula is C14H19ClN2O3. The Labute approximate surface area is 123 Å². The van der Waals surface area contributed by atoms with E-state index in [0.29, 0.717) is 29.0 Å². The van der Waals surface area contributed by atoms with Crippen molar-refractivity contribution in [2.24, 2.45) is 5.92 Å². The molecule has 0 saturated carbocycles. The molecule has 1 aliphatic rings. The minimum Gasteiger partial charge on any atom is -0.482 e. The highest BCUT2D eigenvalue weighted by atomic mass is 35.5. The lowest BCUT2D eigenvalue weighted by Crippen LogP contribution is -2.31. The third kappa shape index (κ3) is 3.35. The molecule has 1 heterocycles. The molecule has 0 bridgehead atoms. The summed E-state index contributed by atoms with van der Waals surface area (Å²) >= 11 is 6.25. The Morgan fingerprint density at radius 3 is 2.90 bits per heavy atom. The first-order chi connectivity index (χ1) is 9.51. The lowest BCUT2D eigenvalue weighted by Gasteiger charge is -2.25. The zero-order valence-electron chi connectivity index (χ0n) is 11.8. The molecule has 1 unspecified atom stereocenters. The van der Waals surface area contributed by atoms with Gasteiger partial charge >= 0.3 is 0 Å². The first kappa shape index (κ1) is 14.9. The minimum atomic E-state index is -0.172. The van der Waals surface area contributed by atoms with Crippen LogP contribution in [0.25, 0.3) is 0 Å². The molecule has 5 nitrogen and oxygen atoms in total. The highest BCUT2D eigenvalue weighted by molar-refractivity contribution is 6.33. The van der Waals surface area contributed by atoms with Gasteiger partial charge in [0.1, 0.15) is 5.75 Å². The lowest BCUT2D eigenvalue weighted by molar-refractivity contribution is -0.118. The predicted molar refractivity (Wildman–Crippen MR) is 79.7 cm³/mol. The molecule has 1 aromatic carbocycles. The summed E-state index contributed by atoms with van der Waals surface area (Å²) in [7, 11) is 1.67. The van der Waals surface area contributed by atoms with E-state index in [1.54, 1.807) is 13.2 Å². The number of anilines is 2. The van der Waals surface area contributed by atoms with Crippen LogP contribution in [0.15, 0.2) is 12.1 Å². The van der Waals surface area contributed by atoms with Gasteiger partial charge in [-0.15, -0.1) is 0 Å². The Hall–Kier alpha value is -1.46. The van der Waals surface area contributed by atoms with Crippen molar-refractivity contribution in [1.29, 1.82) is 0 Å². The van der Waals surface area contributed by atoms with Crippen LogP contribution >= 0.6 is 11.6 Å². The van der Waals surface area contributed by atoms with Gasteiger partial charge in [-0.2, -0.15) is 0 Å². The first-order valence-corrected chi connectivity index (χ1v) is 6.90. The Bertz CT molecular complexity index is 505. The number of carbonyl (C=O) groups excluding carboxylic acids is 1. The van der Waals surface area contributed by atoms with Crippen molar-refractivity contribution < 1.29 is 14.3 Å². The number of nitrogens with one attached hydrogen (secondary N) is 2. The molecule has 1 amide bonds. The number of benzene rings is 1. The van der Waals surface area contributed by atoms with Gasteiger partial charge in [0.25, 0.3) is 5.91 Å². The molecule has 0 saturated heterocycles. The summed E-state index contributed by atoms with van der Waals surface area (Å²) in [5.74, 6) is 0.841. The van der Waals surface area contributed by atoms with Crippen molar-refractivity contribution in [3.63, 3.8) is 0 Å². The molecule has 1 aromatic rings. The monoisotopic (exact) mass is 298 g/mol. The maximum absolute atomic E-state index is 11.3. The maximum Gasteiger partial charge on any atom is 0.262 e. The SMILES string of the molecule is COCC(Nc1cc2c(cc1Cl)NC(=O)CO2)C(C)C. The molecule has 0 fully saturated rings. The van der Waals surface area contributed by atoms with E-state index < -0.39 is 0 Å². The van der Waals surface area contributed by atoms with Gasteiger partial charge in [0.05, 0.1) is 29.0 Å². The van der Waals surface area contributed by atoms with Crippen molar-refractivity contribution in [2.45, 2.75) is 19.9 Å². The van der Waals surface area contributed by atoms with Crippen LogP contribution in [0.2, 0.25) is 5.02 Å². The maximum atomic E-state index is 11.3. The number of ether oxygens (including phenoxy) is 2. The second kappa shape index (κ2) is 6.33. The Morgan fingerprint density at radius 2 is 2.25 bits per heavy atom. The van der Waals surface area contributed by atoms with E-state index in [0.717, 1.165) is 5.69 Å². The van der Waals surface area contributed by atoms with Gasteiger partial charge in [-0.25, -0.2) is 0 Å². The molecule has 1 atom stereocenters. The van der Waals surface area contributed by atoms with Crippen molar-refractivity contribution in [3.8, 4) is 5.75 Å². The molecule has 2 rings (SSSR count). The summed E-state index contributed by atoms with van der Waals surface area (Å²) in [6, 6.07) is 3.65. The van der Waals surface area contributed by atoms with Gasteiger partial charge in [0.2, 0.25) is 0 Å². The van der Waals surface area contributed by atoms with Gasteiger partial charge < -0.3 is 20.1 Å². The van der Waals surface area contributed by atoms with E-state index in [2.05, 4.69) is 24.5 Å². The fourth-order valence-corrected chi connectivity index (χ4v) is 2.21. The number of amides is 1. The Balaban J connectivity index is 2.22. The molecule has 2 N–H and O–H groups in total. The molecule has 6 heteroatoms. The van der Waals surface area contributed by atoms with Crippen LogP contribution in [0.3, 0.4) is 0 Å². The molecule has 0 spiro atoms. The number of carbonyl (C=O) groups is 1. The van der Waals surface area contributed by atoms with Gasteiger partial charge in [0, 0.05) is 13.2 Å². The number of hydrogen-bond donors (Lipinski definition) is 2. The number of hydrogen-bond acceptors (Lipinski definition) is 4. The first-order valence-electron chi connectivity index (χ1n) is 6.53. The van der Waals surface area contributed by atoms with Crippen molar-refractivity contribution in [2.75, 3.05) is 31.0 Å². The normalized spacial score (nSPS) is 15.3. The summed E-state index contributed by atoms with van der Waals surface area (Å²) in [5.41, 5.74) is 1.38. The predicted octanol–water partition coefficient (Wildman–Crippen LogP) is 2.75. The average Bonchev–Trinajstić information content (AvgIpc) is 2.39. The van der Waals surface area contributed by atoms with Crippen molar-refractivity contribution in [1.82, 2.24) is 0 Å². The number of methoxy groups -OCH3 is 1. The third-order valence-corrected chi connectivity index (χ3v) is 3.51. The van der Waals surface area contributed by atoms with Crippen LogP contribution in [0.5, 0.6) is 5.75 Å². The van der Waals surface area contributed by atoms with E-state index in [9.17, 15) is 4.79 Å².